The molecule has 0 unspecified atom stereocenters. The minimum Gasteiger partial charge on any atom is -0.457 e. The molecule has 0 aliphatic rings. The highest BCUT2D eigenvalue weighted by Gasteiger charge is 2.13. The molecule has 0 spiro atoms. The van der Waals surface area contributed by atoms with Crippen LogP contribution in [0.3, 0.4) is 0 Å². The maximum atomic E-state index is 7.76. The van der Waals surface area contributed by atoms with Crippen LogP contribution in [0, 0.1) is 12.3 Å². The van der Waals surface area contributed by atoms with Crippen LogP contribution in [0.15, 0.2) is 60.9 Å². The highest BCUT2D eigenvalue weighted by atomic mass is 16.5. The Kier molecular flexibility index (Phi) is 4.16. The highest BCUT2D eigenvalue weighted by Crippen LogP contribution is 2.32. The predicted octanol–water partition coefficient (Wildman–Crippen LogP) is 3.72. The lowest BCUT2D eigenvalue weighted by Gasteiger charge is -2.13. The average molecular weight is 318 g/mol. The van der Waals surface area contributed by atoms with Crippen LogP contribution in [-0.4, -0.2) is 10.8 Å². The van der Waals surface area contributed by atoms with Crippen molar-refractivity contribution in [2.75, 3.05) is 5.73 Å². The lowest BCUT2D eigenvalue weighted by atomic mass is 9.98. The molecule has 0 radical (unpaired) electrons. The van der Waals surface area contributed by atoms with E-state index in [2.05, 4.69) is 4.98 Å². The molecule has 2 aromatic carbocycles. The van der Waals surface area contributed by atoms with Gasteiger partial charge in [-0.1, -0.05) is 24.3 Å². The Labute approximate surface area is 140 Å². The number of ether oxygens (including phenoxy) is 1. The number of hydrogen-bond acceptors (Lipinski definition) is 4. The van der Waals surface area contributed by atoms with Gasteiger partial charge in [-0.25, -0.2) is 0 Å². The minimum absolute atomic E-state index is 0.0767. The number of pyridine rings is 1. The first kappa shape index (κ1) is 15.6. The van der Waals surface area contributed by atoms with Gasteiger partial charge in [-0.05, 0) is 42.3 Å². The Morgan fingerprint density at radius 3 is 2.50 bits per heavy atom. The van der Waals surface area contributed by atoms with Crippen molar-refractivity contribution >= 4 is 11.5 Å². The van der Waals surface area contributed by atoms with Crippen molar-refractivity contribution in [1.82, 2.24) is 4.98 Å². The summed E-state index contributed by atoms with van der Waals surface area (Å²) in [6.07, 6.45) is 3.17. The second-order valence-corrected chi connectivity index (χ2v) is 5.46. The van der Waals surface area contributed by atoms with Crippen LogP contribution in [0.5, 0.6) is 11.5 Å². The Morgan fingerprint density at radius 2 is 1.83 bits per heavy atom. The van der Waals surface area contributed by atoms with Gasteiger partial charge in [0.2, 0.25) is 0 Å². The number of benzene rings is 2. The Morgan fingerprint density at radius 1 is 1.08 bits per heavy atom. The summed E-state index contributed by atoms with van der Waals surface area (Å²) >= 11 is 0. The van der Waals surface area contributed by atoms with Gasteiger partial charge in [-0.15, -0.1) is 0 Å². The topological polar surface area (TPSA) is 98.0 Å². The molecule has 0 fully saturated rings. The lowest BCUT2D eigenvalue weighted by Crippen LogP contribution is -2.15. The quantitative estimate of drug-likeness (QED) is 0.504. The molecule has 3 aromatic rings. The monoisotopic (exact) mass is 318 g/mol. The molecular weight excluding hydrogens is 300 g/mol. The standard InChI is InChI=1S/C19H18N4O/c1-12-9-13(15-10-23-11-16(20)18(15)19(21)22)7-8-17(12)24-14-5-3-2-4-6-14/h2-11H,20H2,1H3,(H3,21,22). The lowest BCUT2D eigenvalue weighted by molar-refractivity contribution is 0.479. The summed E-state index contributed by atoms with van der Waals surface area (Å²) in [5, 5.41) is 7.76. The third-order valence-corrected chi connectivity index (χ3v) is 3.70. The van der Waals surface area contributed by atoms with Crippen molar-refractivity contribution in [2.45, 2.75) is 6.92 Å². The Bertz CT molecular complexity index is 891. The Balaban J connectivity index is 1.99. The molecule has 1 aromatic heterocycles. The molecule has 1 heterocycles. The zero-order valence-electron chi connectivity index (χ0n) is 13.3. The van der Waals surface area contributed by atoms with Crippen LogP contribution in [0.4, 0.5) is 5.69 Å². The first-order valence-corrected chi connectivity index (χ1v) is 7.48. The van der Waals surface area contributed by atoms with Crippen molar-refractivity contribution < 1.29 is 4.74 Å². The predicted molar refractivity (Wildman–Crippen MR) is 96.4 cm³/mol. The summed E-state index contributed by atoms with van der Waals surface area (Å²) in [4.78, 5) is 4.12. The number of nitrogen functional groups attached to an aromatic ring is 2. The number of amidine groups is 1. The molecule has 3 rings (SSSR count). The summed E-state index contributed by atoms with van der Waals surface area (Å²) in [7, 11) is 0. The van der Waals surface area contributed by atoms with Gasteiger partial charge in [-0.2, -0.15) is 0 Å². The molecule has 0 saturated carbocycles. The van der Waals surface area contributed by atoms with Crippen LogP contribution in [0.2, 0.25) is 0 Å². The maximum absolute atomic E-state index is 7.76. The number of rotatable bonds is 4. The molecule has 0 aliphatic heterocycles. The number of nitrogens with zero attached hydrogens (tertiary/aromatic N) is 1. The minimum atomic E-state index is -0.0767. The van der Waals surface area contributed by atoms with E-state index < -0.39 is 0 Å². The zero-order chi connectivity index (χ0) is 17.1. The van der Waals surface area contributed by atoms with Crippen molar-refractivity contribution in [2.24, 2.45) is 5.73 Å². The van der Waals surface area contributed by atoms with Gasteiger partial charge >= 0.3 is 0 Å². The average Bonchev–Trinajstić information content (AvgIpc) is 2.57. The maximum Gasteiger partial charge on any atom is 0.130 e. The van der Waals surface area contributed by atoms with Gasteiger partial charge in [0.05, 0.1) is 11.9 Å². The fourth-order valence-corrected chi connectivity index (χ4v) is 2.54. The molecule has 24 heavy (non-hydrogen) atoms. The van der Waals surface area contributed by atoms with Gasteiger partial charge in [0.1, 0.15) is 17.3 Å². The molecule has 0 bridgehead atoms. The number of aromatic nitrogens is 1. The van der Waals surface area contributed by atoms with E-state index in [0.717, 1.165) is 28.2 Å². The van der Waals surface area contributed by atoms with E-state index in [1.54, 1.807) is 6.20 Å². The summed E-state index contributed by atoms with van der Waals surface area (Å²) in [6.45, 7) is 1.97. The third kappa shape index (κ3) is 3.05. The molecule has 5 N–H and O–H groups in total. The molecule has 5 nitrogen and oxygen atoms in total. The van der Waals surface area contributed by atoms with Crippen molar-refractivity contribution in [3.63, 3.8) is 0 Å². The fraction of sp³-hybridized carbons (Fsp3) is 0.0526. The first-order chi connectivity index (χ1) is 11.6. The van der Waals surface area contributed by atoms with Gasteiger partial charge in [0, 0.05) is 17.3 Å². The van der Waals surface area contributed by atoms with Crippen LogP contribution in [-0.2, 0) is 0 Å². The van der Waals surface area contributed by atoms with Gasteiger partial charge in [0.15, 0.2) is 0 Å². The van der Waals surface area contributed by atoms with Crippen LogP contribution in [0.1, 0.15) is 11.1 Å². The second kappa shape index (κ2) is 6.42. The second-order valence-electron chi connectivity index (χ2n) is 5.46. The fourth-order valence-electron chi connectivity index (χ4n) is 2.54. The van der Waals surface area contributed by atoms with E-state index in [4.69, 9.17) is 21.6 Å². The molecule has 0 atom stereocenters. The number of aryl methyl sites for hydroxylation is 1. The SMILES string of the molecule is Cc1cc(-c2cncc(N)c2C(=N)N)ccc1Oc1ccccc1. The van der Waals surface area contributed by atoms with E-state index in [1.165, 1.54) is 6.20 Å². The van der Waals surface area contributed by atoms with E-state index in [9.17, 15) is 0 Å². The number of hydrogen-bond donors (Lipinski definition) is 3. The number of anilines is 1. The van der Waals surface area contributed by atoms with Crippen molar-refractivity contribution in [3.8, 4) is 22.6 Å². The summed E-state index contributed by atoms with van der Waals surface area (Å²) in [5.41, 5.74) is 15.1. The van der Waals surface area contributed by atoms with Crippen LogP contribution >= 0.6 is 0 Å². The van der Waals surface area contributed by atoms with Crippen LogP contribution in [0.25, 0.3) is 11.1 Å². The zero-order valence-corrected chi connectivity index (χ0v) is 13.3. The van der Waals surface area contributed by atoms with Crippen molar-refractivity contribution in [3.05, 3.63) is 72.1 Å². The largest absolute Gasteiger partial charge is 0.457 e. The van der Waals surface area contributed by atoms with E-state index in [1.807, 2.05) is 55.5 Å². The molecule has 5 heteroatoms. The summed E-state index contributed by atoms with van der Waals surface area (Å²) < 4.78 is 5.89. The first-order valence-electron chi connectivity index (χ1n) is 7.48. The van der Waals surface area contributed by atoms with E-state index in [0.29, 0.717) is 11.3 Å². The number of nitrogens with two attached hydrogens (primary N) is 2. The van der Waals surface area contributed by atoms with Crippen molar-refractivity contribution in [1.29, 1.82) is 5.41 Å². The molecule has 0 aliphatic carbocycles. The summed E-state index contributed by atoms with van der Waals surface area (Å²) in [5.74, 6) is 1.47. The number of para-hydroxylation sites is 1. The summed E-state index contributed by atoms with van der Waals surface area (Å²) in [6, 6.07) is 15.4. The van der Waals surface area contributed by atoms with Gasteiger partial charge in [-0.3, -0.25) is 10.4 Å². The normalized spacial score (nSPS) is 10.4. The molecule has 120 valence electrons. The molecule has 0 amide bonds. The van der Waals surface area contributed by atoms with Gasteiger partial charge in [0.25, 0.3) is 0 Å². The van der Waals surface area contributed by atoms with E-state index in [-0.39, 0.29) is 5.84 Å². The van der Waals surface area contributed by atoms with Crippen LogP contribution < -0.4 is 16.2 Å². The molecule has 0 saturated heterocycles. The third-order valence-electron chi connectivity index (χ3n) is 3.70. The number of nitrogens with one attached hydrogen (secondary N) is 1. The highest BCUT2D eigenvalue weighted by molar-refractivity contribution is 6.05. The Hall–Kier alpha value is -3.34. The smallest absolute Gasteiger partial charge is 0.130 e. The molecular formula is C19H18N4O. The van der Waals surface area contributed by atoms with Gasteiger partial charge < -0.3 is 16.2 Å². The van der Waals surface area contributed by atoms with E-state index >= 15 is 0 Å².